The van der Waals surface area contributed by atoms with Crippen molar-refractivity contribution in [3.05, 3.63) is 60.3 Å². The first-order valence-corrected chi connectivity index (χ1v) is 8.26. The Morgan fingerprint density at radius 2 is 1.96 bits per heavy atom. The van der Waals surface area contributed by atoms with Gasteiger partial charge in [0, 0.05) is 22.8 Å². The van der Waals surface area contributed by atoms with Crippen LogP contribution in [0.4, 0.5) is 5.69 Å². The van der Waals surface area contributed by atoms with Crippen LogP contribution >= 0.6 is 0 Å². The Morgan fingerprint density at radius 1 is 1.13 bits per heavy atom. The highest BCUT2D eigenvalue weighted by Crippen LogP contribution is 2.21. The van der Waals surface area contributed by atoms with Gasteiger partial charge in [-0.15, -0.1) is 0 Å². The molecule has 2 aromatic carbocycles. The van der Waals surface area contributed by atoms with Gasteiger partial charge in [-0.05, 0) is 42.5 Å². The second kappa shape index (κ2) is 5.77. The zero-order chi connectivity index (χ0) is 16.4. The predicted molar refractivity (Wildman–Crippen MR) is 86.9 cm³/mol. The number of sulfonamides is 1. The number of carbonyl (C=O) groups excluding carboxylic acids is 1. The van der Waals surface area contributed by atoms with Crippen molar-refractivity contribution in [3.63, 3.8) is 0 Å². The molecule has 0 bridgehead atoms. The van der Waals surface area contributed by atoms with Crippen molar-refractivity contribution < 1.29 is 17.9 Å². The quantitative estimate of drug-likeness (QED) is 0.720. The average Bonchev–Trinajstić information content (AvgIpc) is 3.01. The maximum atomic E-state index is 12.5. The Balaban J connectivity index is 1.93. The minimum atomic E-state index is -3.80. The molecule has 0 radical (unpaired) electrons. The number of H-pyrrole nitrogens is 1. The molecule has 0 atom stereocenters. The van der Waals surface area contributed by atoms with Gasteiger partial charge in [0.25, 0.3) is 10.0 Å². The number of fused-ring (bicyclic) bond motifs is 1. The Kier molecular flexibility index (Phi) is 3.79. The summed E-state index contributed by atoms with van der Waals surface area (Å²) in [7, 11) is -2.55. The number of hydrogen-bond donors (Lipinski definition) is 2. The summed E-state index contributed by atoms with van der Waals surface area (Å²) in [6.07, 6.45) is 1.78. The summed E-state index contributed by atoms with van der Waals surface area (Å²) in [4.78, 5) is 14.6. The van der Waals surface area contributed by atoms with E-state index in [-0.39, 0.29) is 10.5 Å². The lowest BCUT2D eigenvalue weighted by molar-refractivity contribution is 0.0600. The van der Waals surface area contributed by atoms with E-state index in [0.29, 0.717) is 5.69 Å². The highest BCUT2D eigenvalue weighted by molar-refractivity contribution is 7.92. The number of methoxy groups -OCH3 is 1. The van der Waals surface area contributed by atoms with Crippen molar-refractivity contribution in [2.75, 3.05) is 11.8 Å². The number of aromatic amines is 1. The Morgan fingerprint density at radius 3 is 2.74 bits per heavy atom. The molecule has 0 saturated heterocycles. The molecule has 0 amide bonds. The van der Waals surface area contributed by atoms with E-state index in [1.54, 1.807) is 24.4 Å². The molecule has 0 fully saturated rings. The summed E-state index contributed by atoms with van der Waals surface area (Å²) in [6, 6.07) is 12.7. The van der Waals surface area contributed by atoms with Gasteiger partial charge >= 0.3 is 5.97 Å². The number of esters is 1. The molecule has 0 spiro atoms. The summed E-state index contributed by atoms with van der Waals surface area (Å²) in [5.74, 6) is -0.587. The first-order valence-electron chi connectivity index (χ1n) is 6.78. The number of rotatable bonds is 4. The van der Waals surface area contributed by atoms with Gasteiger partial charge in [-0.1, -0.05) is 6.07 Å². The number of nitrogens with one attached hydrogen (secondary N) is 2. The van der Waals surface area contributed by atoms with Crippen LogP contribution in [0.2, 0.25) is 0 Å². The van der Waals surface area contributed by atoms with Gasteiger partial charge in [0.05, 0.1) is 17.6 Å². The first-order chi connectivity index (χ1) is 11.0. The third kappa shape index (κ3) is 3.04. The summed E-state index contributed by atoms with van der Waals surface area (Å²) >= 11 is 0. The van der Waals surface area contributed by atoms with Crippen molar-refractivity contribution in [3.8, 4) is 0 Å². The van der Waals surface area contributed by atoms with Crippen molar-refractivity contribution in [1.82, 2.24) is 4.98 Å². The normalized spacial score (nSPS) is 11.3. The standard InChI is InChI=1S/C16H14N2O4S/c1-22-16(19)12-3-2-4-14(10-12)23(20,21)18-13-5-6-15-11(9-13)7-8-17-15/h2-10,17-18H,1H3. The van der Waals surface area contributed by atoms with Gasteiger partial charge in [-0.25, -0.2) is 13.2 Å². The van der Waals surface area contributed by atoms with Gasteiger partial charge in [-0.3, -0.25) is 4.72 Å². The van der Waals surface area contributed by atoms with Crippen LogP contribution in [-0.2, 0) is 14.8 Å². The van der Waals surface area contributed by atoms with E-state index in [2.05, 4.69) is 14.4 Å². The Bertz CT molecular complexity index is 976. The van der Waals surface area contributed by atoms with Gasteiger partial charge in [-0.2, -0.15) is 0 Å². The van der Waals surface area contributed by atoms with Crippen molar-refractivity contribution in [1.29, 1.82) is 0 Å². The van der Waals surface area contributed by atoms with E-state index in [4.69, 9.17) is 0 Å². The molecule has 1 aromatic heterocycles. The minimum absolute atomic E-state index is 0.00503. The number of ether oxygens (including phenoxy) is 1. The number of hydrogen-bond acceptors (Lipinski definition) is 4. The second-order valence-corrected chi connectivity index (χ2v) is 6.59. The average molecular weight is 330 g/mol. The largest absolute Gasteiger partial charge is 0.465 e. The highest BCUT2D eigenvalue weighted by Gasteiger charge is 2.17. The molecule has 0 aliphatic heterocycles. The van der Waals surface area contributed by atoms with Crippen LogP contribution in [0.1, 0.15) is 10.4 Å². The molecular formula is C16H14N2O4S. The number of anilines is 1. The van der Waals surface area contributed by atoms with E-state index in [9.17, 15) is 13.2 Å². The molecule has 0 unspecified atom stereocenters. The summed E-state index contributed by atoms with van der Waals surface area (Å²) in [6.45, 7) is 0. The zero-order valence-corrected chi connectivity index (χ0v) is 13.1. The van der Waals surface area contributed by atoms with Crippen LogP contribution in [0.3, 0.4) is 0 Å². The Hall–Kier alpha value is -2.80. The fourth-order valence-electron chi connectivity index (χ4n) is 2.24. The molecule has 23 heavy (non-hydrogen) atoms. The number of carbonyl (C=O) groups is 1. The van der Waals surface area contributed by atoms with Crippen LogP contribution in [-0.4, -0.2) is 26.5 Å². The number of aromatic nitrogens is 1. The van der Waals surface area contributed by atoms with Crippen LogP contribution in [0, 0.1) is 0 Å². The maximum Gasteiger partial charge on any atom is 0.337 e. The lowest BCUT2D eigenvalue weighted by Gasteiger charge is -2.09. The molecule has 0 aliphatic carbocycles. The molecule has 0 saturated carbocycles. The first kappa shape index (κ1) is 15.1. The van der Waals surface area contributed by atoms with Crippen LogP contribution in [0.15, 0.2) is 59.6 Å². The molecule has 3 aromatic rings. The molecule has 0 aliphatic rings. The third-order valence-corrected chi connectivity index (χ3v) is 4.75. The highest BCUT2D eigenvalue weighted by atomic mass is 32.2. The van der Waals surface area contributed by atoms with Gasteiger partial charge in [0.2, 0.25) is 0 Å². The summed E-state index contributed by atoms with van der Waals surface area (Å²) in [5, 5.41) is 0.897. The van der Waals surface area contributed by atoms with E-state index < -0.39 is 16.0 Å². The molecule has 7 heteroatoms. The van der Waals surface area contributed by atoms with Crippen molar-refractivity contribution in [2.24, 2.45) is 0 Å². The van der Waals surface area contributed by atoms with Gasteiger partial charge < -0.3 is 9.72 Å². The Labute approximate surface area is 133 Å². The lowest BCUT2D eigenvalue weighted by Crippen LogP contribution is -2.14. The summed E-state index contributed by atoms with van der Waals surface area (Å²) in [5.41, 5.74) is 1.54. The maximum absolute atomic E-state index is 12.5. The van der Waals surface area contributed by atoms with Gasteiger partial charge in [0.1, 0.15) is 0 Å². The van der Waals surface area contributed by atoms with Crippen LogP contribution in [0.5, 0.6) is 0 Å². The molecule has 3 rings (SSSR count). The SMILES string of the molecule is COC(=O)c1cccc(S(=O)(=O)Nc2ccc3[nH]ccc3c2)c1. The smallest absolute Gasteiger partial charge is 0.337 e. The lowest BCUT2D eigenvalue weighted by atomic mass is 10.2. The van der Waals surface area contributed by atoms with Crippen LogP contribution < -0.4 is 4.72 Å². The summed E-state index contributed by atoms with van der Waals surface area (Å²) < 4.78 is 32.0. The fraction of sp³-hybridized carbons (Fsp3) is 0.0625. The van der Waals surface area contributed by atoms with Gasteiger partial charge in [0.15, 0.2) is 0 Å². The molecule has 6 nitrogen and oxygen atoms in total. The third-order valence-electron chi connectivity index (χ3n) is 3.37. The monoisotopic (exact) mass is 330 g/mol. The van der Waals surface area contributed by atoms with E-state index in [1.807, 2.05) is 6.07 Å². The minimum Gasteiger partial charge on any atom is -0.465 e. The number of benzene rings is 2. The van der Waals surface area contributed by atoms with Crippen LogP contribution in [0.25, 0.3) is 10.9 Å². The molecule has 1 heterocycles. The van der Waals surface area contributed by atoms with E-state index in [1.165, 1.54) is 31.4 Å². The molecule has 2 N–H and O–H groups in total. The molecular weight excluding hydrogens is 316 g/mol. The predicted octanol–water partition coefficient (Wildman–Crippen LogP) is 2.76. The zero-order valence-electron chi connectivity index (χ0n) is 12.2. The second-order valence-electron chi connectivity index (χ2n) is 4.90. The van der Waals surface area contributed by atoms with E-state index in [0.717, 1.165) is 10.9 Å². The van der Waals surface area contributed by atoms with Crippen molar-refractivity contribution in [2.45, 2.75) is 4.90 Å². The molecule has 118 valence electrons. The van der Waals surface area contributed by atoms with Crippen molar-refractivity contribution >= 4 is 32.6 Å². The van der Waals surface area contributed by atoms with E-state index >= 15 is 0 Å². The topological polar surface area (TPSA) is 88.3 Å². The fourth-order valence-corrected chi connectivity index (χ4v) is 3.33.